The number of carboxylic acid groups (broad SMARTS) is 1. The third kappa shape index (κ3) is 4.93. The van der Waals surface area contributed by atoms with Gasteiger partial charge in [-0.25, -0.2) is 18.5 Å². The minimum Gasteiger partial charge on any atom is -0.465 e. The van der Waals surface area contributed by atoms with E-state index in [9.17, 15) is 18.7 Å². The number of amides is 1. The zero-order valence-electron chi connectivity index (χ0n) is 18.6. The Labute approximate surface area is 190 Å². The molecule has 1 amide bonds. The fourth-order valence-corrected chi connectivity index (χ4v) is 6.28. The Kier molecular flexibility index (Phi) is 6.90. The Bertz CT molecular complexity index is 984. The number of nitrogens with zero attached hydrogens (tertiary/aromatic N) is 4. The molecule has 0 saturated heterocycles. The number of rotatable bonds is 8. The summed E-state index contributed by atoms with van der Waals surface area (Å²) >= 11 is 1.23. The molecule has 1 fully saturated rings. The highest BCUT2D eigenvalue weighted by atomic mass is 32.2. The number of benzene rings is 1. The lowest BCUT2D eigenvalue weighted by atomic mass is 9.85. The molecule has 1 aliphatic heterocycles. The molecular weight excluding hydrogens is 456 g/mol. The molecular formula is C20H28F2N5O3SSi+. The van der Waals surface area contributed by atoms with Crippen molar-refractivity contribution in [3.05, 3.63) is 35.4 Å². The molecule has 2 N–H and O–H groups in total. The molecule has 1 aliphatic carbocycles. The average molecular weight is 485 g/mol. The maximum atomic E-state index is 14.8. The van der Waals surface area contributed by atoms with Gasteiger partial charge < -0.3 is 9.84 Å². The van der Waals surface area contributed by atoms with Crippen LogP contribution in [0.2, 0.25) is 25.7 Å². The van der Waals surface area contributed by atoms with Crippen LogP contribution in [0.25, 0.3) is 0 Å². The lowest BCUT2D eigenvalue weighted by Crippen LogP contribution is -2.44. The third-order valence-electron chi connectivity index (χ3n) is 5.91. The number of fused-ring (bicyclic) bond motifs is 1. The van der Waals surface area contributed by atoms with Gasteiger partial charge in [-0.1, -0.05) is 43.5 Å². The summed E-state index contributed by atoms with van der Waals surface area (Å²) in [4.78, 5) is 20.8. The van der Waals surface area contributed by atoms with Gasteiger partial charge in [-0.15, -0.1) is 0 Å². The van der Waals surface area contributed by atoms with Gasteiger partial charge in [0.15, 0.2) is 16.8 Å². The predicted molar refractivity (Wildman–Crippen MR) is 121 cm³/mol. The fraction of sp³-hybridized carbons (Fsp3) is 0.600. The highest BCUT2D eigenvalue weighted by Gasteiger charge is 2.68. The first-order chi connectivity index (χ1) is 14.9. The second-order valence-corrected chi connectivity index (χ2v) is 16.5. The van der Waals surface area contributed by atoms with E-state index in [1.54, 1.807) is 6.92 Å². The highest BCUT2D eigenvalue weighted by Crippen LogP contribution is 2.66. The lowest BCUT2D eigenvalue weighted by molar-refractivity contribution is 0.0702. The molecule has 174 valence electrons. The van der Waals surface area contributed by atoms with Gasteiger partial charge in [0, 0.05) is 26.2 Å². The Morgan fingerprint density at radius 3 is 2.81 bits per heavy atom. The number of carbonyl (C=O) groups is 1. The molecule has 1 aromatic rings. The van der Waals surface area contributed by atoms with Crippen LogP contribution in [0.1, 0.15) is 18.9 Å². The SMILES string of the molecule is C[C@]1(c2cccc(F)c2F)N=C(N(COCC[Si](C)(C)C)C(=O)O)S[C@@]2(CN=[N+]=N)C[C@H]21. The molecule has 1 heterocycles. The summed E-state index contributed by atoms with van der Waals surface area (Å²) in [5.41, 5.74) is 5.87. The van der Waals surface area contributed by atoms with Crippen LogP contribution in [-0.4, -0.2) is 54.0 Å². The highest BCUT2D eigenvalue weighted by molar-refractivity contribution is 8.15. The molecule has 1 aromatic carbocycles. The molecule has 8 nitrogen and oxygen atoms in total. The normalized spacial score (nSPS) is 26.6. The van der Waals surface area contributed by atoms with Crippen molar-refractivity contribution in [1.29, 1.82) is 5.53 Å². The molecule has 12 heteroatoms. The lowest BCUT2D eigenvalue weighted by Gasteiger charge is -2.36. The first-order valence-corrected chi connectivity index (χ1v) is 14.8. The largest absolute Gasteiger partial charge is 0.465 e. The number of halogens is 2. The minimum absolute atomic E-state index is 0.0648. The monoisotopic (exact) mass is 484 g/mol. The van der Waals surface area contributed by atoms with E-state index < -0.39 is 36.1 Å². The average Bonchev–Trinajstić information content (AvgIpc) is 3.43. The quantitative estimate of drug-likeness (QED) is 0.180. The summed E-state index contributed by atoms with van der Waals surface area (Å²) in [6, 6.07) is 4.80. The second-order valence-electron chi connectivity index (χ2n) is 9.52. The van der Waals surface area contributed by atoms with Gasteiger partial charge in [0.25, 0.3) is 0 Å². The van der Waals surface area contributed by atoms with E-state index in [1.807, 2.05) is 0 Å². The van der Waals surface area contributed by atoms with Crippen LogP contribution in [0.5, 0.6) is 0 Å². The van der Waals surface area contributed by atoms with Gasteiger partial charge in [-0.3, -0.25) is 4.99 Å². The molecule has 1 saturated carbocycles. The number of nitrogens with one attached hydrogen (secondary N) is 1. The maximum Gasteiger partial charge on any atom is 0.415 e. The summed E-state index contributed by atoms with van der Waals surface area (Å²) in [7, 11) is -1.35. The fourth-order valence-electron chi connectivity index (χ4n) is 3.94. The summed E-state index contributed by atoms with van der Waals surface area (Å²) in [6.45, 7) is 8.64. The smallest absolute Gasteiger partial charge is 0.415 e. The van der Waals surface area contributed by atoms with Crippen LogP contribution in [0.3, 0.4) is 0 Å². The summed E-state index contributed by atoms with van der Waals surface area (Å²) in [5.74, 6) is -2.20. The van der Waals surface area contributed by atoms with Gasteiger partial charge in [-0.2, -0.15) is 0 Å². The zero-order chi connectivity index (χ0) is 23.7. The van der Waals surface area contributed by atoms with Gasteiger partial charge in [0.05, 0.1) is 10.3 Å². The van der Waals surface area contributed by atoms with Crippen LogP contribution < -0.4 is 4.91 Å². The van der Waals surface area contributed by atoms with Crippen molar-refractivity contribution in [1.82, 2.24) is 9.81 Å². The van der Waals surface area contributed by atoms with Gasteiger partial charge in [0.2, 0.25) is 4.91 Å². The van der Waals surface area contributed by atoms with E-state index in [0.29, 0.717) is 13.0 Å². The van der Waals surface area contributed by atoms with Crippen molar-refractivity contribution in [3.63, 3.8) is 0 Å². The van der Waals surface area contributed by atoms with Gasteiger partial charge in [-0.05, 0) is 25.5 Å². The predicted octanol–water partition coefficient (Wildman–Crippen LogP) is 4.88. The Hall–Kier alpha value is -2.14. The molecule has 32 heavy (non-hydrogen) atoms. The number of aliphatic imine (C=N–C) groups is 1. The number of amidine groups is 1. The van der Waals surface area contributed by atoms with Crippen molar-refractivity contribution in [3.8, 4) is 0 Å². The van der Waals surface area contributed by atoms with Crippen LogP contribution in [0.4, 0.5) is 13.6 Å². The molecule has 0 radical (unpaired) electrons. The summed E-state index contributed by atoms with van der Waals surface area (Å²) < 4.78 is 33.8. The standard InChI is InChI=1S/C20H27F2N5O3SSi/c1-19(13-6-5-7-14(21)16(13)22)15-10-20(15,11-24-26-23)31-17(25-19)27(18(28)29)12-30-8-9-32(2,3)4/h5-7,15,23H,8-12H2,1-4H3/p+1/t15-,19+,20+/m0/s1. The number of ether oxygens (including phenoxy) is 1. The van der Waals surface area contributed by atoms with E-state index in [-0.39, 0.29) is 29.9 Å². The van der Waals surface area contributed by atoms with E-state index in [2.05, 4.69) is 34.7 Å². The first kappa shape index (κ1) is 24.5. The van der Waals surface area contributed by atoms with Crippen LogP contribution in [0.15, 0.2) is 28.3 Å². The van der Waals surface area contributed by atoms with Crippen molar-refractivity contribution >= 4 is 31.1 Å². The Morgan fingerprint density at radius 1 is 1.47 bits per heavy atom. The summed E-state index contributed by atoms with van der Waals surface area (Å²) in [6.07, 6.45) is -0.692. The number of thioether (sulfide) groups is 1. The van der Waals surface area contributed by atoms with Crippen LogP contribution >= 0.6 is 11.8 Å². The molecule has 3 rings (SSSR count). The molecule has 0 spiro atoms. The topological polar surface area (TPSA) is 112 Å². The number of hydrogen-bond acceptors (Lipinski definition) is 6. The Morgan fingerprint density at radius 2 is 2.19 bits per heavy atom. The van der Waals surface area contributed by atoms with E-state index >= 15 is 0 Å². The van der Waals surface area contributed by atoms with Crippen LogP contribution in [0, 0.1) is 23.1 Å². The minimum atomic E-state index is -1.35. The van der Waals surface area contributed by atoms with Gasteiger partial charge >= 0.3 is 6.09 Å². The third-order valence-corrected chi connectivity index (χ3v) is 9.10. The zero-order valence-corrected chi connectivity index (χ0v) is 20.4. The van der Waals surface area contributed by atoms with E-state index in [0.717, 1.165) is 17.0 Å². The Balaban J connectivity index is 1.96. The molecule has 0 aromatic heterocycles. The van der Waals surface area contributed by atoms with Gasteiger partial charge in [0.1, 0.15) is 23.9 Å². The maximum absolute atomic E-state index is 14.8. The number of hydrogen-bond donors (Lipinski definition) is 2. The molecule has 0 bridgehead atoms. The van der Waals surface area contributed by atoms with Crippen LogP contribution in [-0.2, 0) is 10.3 Å². The molecule has 2 aliphatic rings. The first-order valence-electron chi connectivity index (χ1n) is 10.3. The summed E-state index contributed by atoms with van der Waals surface area (Å²) in [5, 5.41) is 13.8. The van der Waals surface area contributed by atoms with E-state index in [1.165, 1.54) is 23.9 Å². The van der Waals surface area contributed by atoms with Crippen molar-refractivity contribution in [2.75, 3.05) is 19.9 Å². The van der Waals surface area contributed by atoms with E-state index in [4.69, 9.17) is 10.3 Å². The molecule has 3 atom stereocenters. The molecule has 0 unspecified atom stereocenters. The van der Waals surface area contributed by atoms with Crippen molar-refractivity contribution in [2.24, 2.45) is 16.0 Å². The van der Waals surface area contributed by atoms with Crippen molar-refractivity contribution < 1.29 is 23.4 Å². The van der Waals surface area contributed by atoms with Crippen molar-refractivity contribution in [2.45, 2.75) is 49.3 Å². The second kappa shape index (κ2) is 9.01.